The zero-order valence-corrected chi connectivity index (χ0v) is 15.2. The van der Waals surface area contributed by atoms with Gasteiger partial charge in [-0.15, -0.1) is 0 Å². The fraction of sp³-hybridized carbons (Fsp3) is 0.316. The van der Waals surface area contributed by atoms with Crippen LogP contribution in [-0.2, 0) is 17.8 Å². The number of carbonyl (C=O) groups is 1. The van der Waals surface area contributed by atoms with Crippen molar-refractivity contribution in [1.29, 1.82) is 0 Å². The molecule has 0 unspecified atom stereocenters. The molecule has 2 aromatic rings. The van der Waals surface area contributed by atoms with E-state index in [1.165, 1.54) is 12.7 Å². The minimum absolute atomic E-state index is 0.315. The van der Waals surface area contributed by atoms with Crippen LogP contribution in [0.3, 0.4) is 0 Å². The second-order valence-corrected chi connectivity index (χ2v) is 6.21. The van der Waals surface area contributed by atoms with Gasteiger partial charge in [-0.3, -0.25) is 0 Å². The van der Waals surface area contributed by atoms with E-state index in [4.69, 9.17) is 14.2 Å². The van der Waals surface area contributed by atoms with Gasteiger partial charge in [-0.1, -0.05) is 25.1 Å². The Morgan fingerprint density at radius 2 is 1.92 bits per heavy atom. The number of benzene rings is 2. The maximum atomic E-state index is 11.6. The minimum atomic E-state index is -0.368. The van der Waals surface area contributed by atoms with Gasteiger partial charge in [0.05, 0.1) is 14.2 Å². The summed E-state index contributed by atoms with van der Waals surface area (Å²) >= 11 is 1.02. The van der Waals surface area contributed by atoms with Crippen molar-refractivity contribution in [3.63, 3.8) is 0 Å². The first-order chi connectivity index (χ1) is 11.6. The lowest BCUT2D eigenvalue weighted by molar-refractivity contribution is 0.200. The van der Waals surface area contributed by atoms with Gasteiger partial charge in [0.25, 0.3) is 0 Å². The Bertz CT molecular complexity index is 713. The van der Waals surface area contributed by atoms with Gasteiger partial charge in [0, 0.05) is 10.5 Å². The van der Waals surface area contributed by atoms with Crippen molar-refractivity contribution in [3.05, 3.63) is 53.1 Å². The summed E-state index contributed by atoms with van der Waals surface area (Å²) in [7, 11) is 2.97. The van der Waals surface area contributed by atoms with E-state index in [0.717, 1.165) is 40.0 Å². The summed E-state index contributed by atoms with van der Waals surface area (Å²) in [5.41, 5.74) is 3.19. The fourth-order valence-electron chi connectivity index (χ4n) is 2.35. The highest BCUT2D eigenvalue weighted by atomic mass is 32.2. The van der Waals surface area contributed by atoms with Crippen molar-refractivity contribution < 1.29 is 19.0 Å². The van der Waals surface area contributed by atoms with E-state index in [2.05, 4.69) is 19.1 Å². The Morgan fingerprint density at radius 3 is 2.54 bits per heavy atom. The molecule has 0 fully saturated rings. The van der Waals surface area contributed by atoms with Crippen LogP contribution < -0.4 is 9.47 Å². The van der Waals surface area contributed by atoms with Gasteiger partial charge in [-0.25, -0.2) is 4.79 Å². The van der Waals surface area contributed by atoms with Crippen molar-refractivity contribution in [2.45, 2.75) is 31.8 Å². The predicted octanol–water partition coefficient (Wildman–Crippen LogP) is 5.00. The van der Waals surface area contributed by atoms with Crippen LogP contribution in [0.5, 0.6) is 11.5 Å². The second kappa shape index (κ2) is 8.64. The molecule has 0 saturated carbocycles. The summed E-state index contributed by atoms with van der Waals surface area (Å²) in [6.07, 6.45) is 0.994. The average molecular weight is 346 g/mol. The molecule has 4 nitrogen and oxygen atoms in total. The van der Waals surface area contributed by atoms with Gasteiger partial charge in [0.15, 0.2) is 0 Å². The molecular formula is C19H22O4S. The summed E-state index contributed by atoms with van der Waals surface area (Å²) in [5.74, 6) is 1.51. The smallest absolute Gasteiger partial charge is 0.371 e. The third-order valence-corrected chi connectivity index (χ3v) is 4.63. The highest BCUT2D eigenvalue weighted by Crippen LogP contribution is 2.32. The van der Waals surface area contributed by atoms with E-state index in [1.54, 1.807) is 7.11 Å². The van der Waals surface area contributed by atoms with Gasteiger partial charge in [-0.2, -0.15) is 0 Å². The molecule has 0 radical (unpaired) electrons. The van der Waals surface area contributed by atoms with Crippen LogP contribution in [0.4, 0.5) is 4.79 Å². The molecule has 2 rings (SSSR count). The van der Waals surface area contributed by atoms with Crippen molar-refractivity contribution in [1.82, 2.24) is 0 Å². The fourth-order valence-corrected chi connectivity index (χ4v) is 3.04. The zero-order chi connectivity index (χ0) is 17.5. The van der Waals surface area contributed by atoms with Crippen molar-refractivity contribution in [2.75, 3.05) is 14.2 Å². The number of methoxy groups -OCH3 is 2. The third-order valence-electron chi connectivity index (χ3n) is 3.69. The Labute approximate surface area is 147 Å². The summed E-state index contributed by atoms with van der Waals surface area (Å²) < 4.78 is 16.1. The predicted molar refractivity (Wildman–Crippen MR) is 96.1 cm³/mol. The molecule has 0 saturated heterocycles. The van der Waals surface area contributed by atoms with E-state index < -0.39 is 0 Å². The molecule has 5 heteroatoms. The number of rotatable bonds is 6. The first kappa shape index (κ1) is 18.2. The van der Waals surface area contributed by atoms with Gasteiger partial charge in [-0.05, 0) is 54.4 Å². The number of carbonyl (C=O) groups excluding carboxylic acids is 1. The molecule has 24 heavy (non-hydrogen) atoms. The molecule has 2 aromatic carbocycles. The highest BCUT2D eigenvalue weighted by molar-refractivity contribution is 8.13. The Morgan fingerprint density at radius 1 is 1.12 bits per heavy atom. The first-order valence-corrected chi connectivity index (χ1v) is 8.54. The van der Waals surface area contributed by atoms with Gasteiger partial charge < -0.3 is 14.2 Å². The Hall–Kier alpha value is -2.14. The topological polar surface area (TPSA) is 44.8 Å². The summed E-state index contributed by atoms with van der Waals surface area (Å²) in [4.78, 5) is 12.4. The largest absolute Gasteiger partial charge is 0.496 e. The molecule has 0 aromatic heterocycles. The molecule has 0 heterocycles. The normalized spacial score (nSPS) is 10.3. The van der Waals surface area contributed by atoms with Crippen molar-refractivity contribution >= 4 is 17.1 Å². The quantitative estimate of drug-likeness (QED) is 0.544. The van der Waals surface area contributed by atoms with Crippen LogP contribution >= 0.6 is 11.8 Å². The number of hydrogen-bond acceptors (Lipinski definition) is 5. The molecule has 0 spiro atoms. The molecule has 0 bridgehead atoms. The Balaban J connectivity index is 2.23. The zero-order valence-electron chi connectivity index (χ0n) is 14.4. The minimum Gasteiger partial charge on any atom is -0.496 e. The maximum Gasteiger partial charge on any atom is 0.371 e. The van der Waals surface area contributed by atoms with Crippen LogP contribution in [0.15, 0.2) is 41.3 Å². The lowest BCUT2D eigenvalue weighted by Crippen LogP contribution is -2.03. The molecule has 128 valence electrons. The molecule has 0 aliphatic rings. The first-order valence-electron chi connectivity index (χ1n) is 7.73. The number of ether oxygens (including phenoxy) is 3. The van der Waals surface area contributed by atoms with Crippen molar-refractivity contribution in [2.24, 2.45) is 0 Å². The van der Waals surface area contributed by atoms with Crippen LogP contribution in [0.2, 0.25) is 0 Å². The van der Waals surface area contributed by atoms with E-state index >= 15 is 0 Å². The van der Waals surface area contributed by atoms with Crippen LogP contribution in [-0.4, -0.2) is 19.5 Å². The number of thioether (sulfide) groups is 1. The van der Waals surface area contributed by atoms with E-state index in [9.17, 15) is 4.79 Å². The molecule has 0 aliphatic carbocycles. The third kappa shape index (κ3) is 4.45. The monoisotopic (exact) mass is 346 g/mol. The lowest BCUT2D eigenvalue weighted by Gasteiger charge is -2.15. The lowest BCUT2D eigenvalue weighted by atomic mass is 10.1. The van der Waals surface area contributed by atoms with Crippen molar-refractivity contribution in [3.8, 4) is 11.5 Å². The highest BCUT2D eigenvalue weighted by Gasteiger charge is 2.15. The summed E-state index contributed by atoms with van der Waals surface area (Å²) in [6, 6.07) is 11.7. The second-order valence-electron chi connectivity index (χ2n) is 5.24. The van der Waals surface area contributed by atoms with Gasteiger partial charge >= 0.3 is 5.30 Å². The molecule has 0 aliphatic heterocycles. The van der Waals surface area contributed by atoms with E-state index in [0.29, 0.717) is 12.4 Å². The maximum absolute atomic E-state index is 11.6. The van der Waals surface area contributed by atoms with E-state index in [-0.39, 0.29) is 5.30 Å². The number of aryl methyl sites for hydroxylation is 2. The van der Waals surface area contributed by atoms with E-state index in [1.807, 2.05) is 31.2 Å². The number of hydrogen-bond donors (Lipinski definition) is 0. The summed E-state index contributed by atoms with van der Waals surface area (Å²) in [6.45, 7) is 4.47. The Kier molecular flexibility index (Phi) is 6.55. The molecular weight excluding hydrogens is 324 g/mol. The molecule has 0 atom stereocenters. The van der Waals surface area contributed by atoms with Crippen LogP contribution in [0, 0.1) is 6.92 Å². The summed E-state index contributed by atoms with van der Waals surface area (Å²) in [5, 5.41) is -0.368. The van der Waals surface area contributed by atoms with Crippen LogP contribution in [0.25, 0.3) is 0 Å². The SMILES string of the molecule is CCc1ccc(OCc2c(OC)cccc2SC(=O)OC)c(C)c1. The van der Waals surface area contributed by atoms with Gasteiger partial charge in [0.2, 0.25) is 0 Å². The van der Waals surface area contributed by atoms with Crippen LogP contribution in [0.1, 0.15) is 23.6 Å². The standard InChI is InChI=1S/C19H22O4S/c1-5-14-9-10-16(13(2)11-14)23-12-15-17(21-3)7-6-8-18(15)24-19(20)22-4/h6-11H,5,12H2,1-4H3. The molecule has 0 amide bonds. The molecule has 0 N–H and O–H groups in total. The van der Waals surface area contributed by atoms with Gasteiger partial charge in [0.1, 0.15) is 18.1 Å². The average Bonchev–Trinajstić information content (AvgIpc) is 2.60.